The molecule has 1 aliphatic heterocycles. The monoisotopic (exact) mass is 519 g/mol. The average Bonchev–Trinajstić information content (AvgIpc) is 2.84. The van der Waals surface area contributed by atoms with Crippen LogP contribution in [0.5, 0.6) is 0 Å². The second-order valence-electron chi connectivity index (χ2n) is 10.7. The number of carbonyl (C=O) groups is 1. The molecule has 1 aliphatic rings. The van der Waals surface area contributed by atoms with E-state index in [1.165, 1.54) is 0 Å². The number of nitrogens with zero attached hydrogens (tertiary/aromatic N) is 1. The third-order valence-electron chi connectivity index (χ3n) is 6.30. The Morgan fingerprint density at radius 3 is 1.95 bits per heavy atom. The number of morpholine rings is 1. The number of halogens is 1. The second-order valence-corrected chi connectivity index (χ2v) is 12.6. The molecule has 0 aromatic heterocycles. The molecule has 7 heteroatoms. The minimum absolute atomic E-state index is 0.0402. The predicted octanol–water partition coefficient (Wildman–Crippen LogP) is 6.28. The van der Waals surface area contributed by atoms with Gasteiger partial charge in [0.25, 0.3) is 0 Å². The summed E-state index contributed by atoms with van der Waals surface area (Å²) in [7, 11) is 0.0402. The fourth-order valence-corrected chi connectivity index (χ4v) is 5.70. The quantitative estimate of drug-likeness (QED) is 0.294. The van der Waals surface area contributed by atoms with E-state index in [4.69, 9.17) is 9.16 Å². The Morgan fingerprint density at radius 1 is 0.973 bits per heavy atom. The first kappa shape index (κ1) is 27.0. The van der Waals surface area contributed by atoms with Crippen molar-refractivity contribution in [1.82, 2.24) is 0 Å². The summed E-state index contributed by atoms with van der Waals surface area (Å²) in [5.41, 5.74) is 1.05. The van der Waals surface area contributed by atoms with Crippen molar-refractivity contribution < 1.29 is 23.5 Å². The van der Waals surface area contributed by atoms with Gasteiger partial charge in [-0.05, 0) is 42.1 Å². The predicted molar refractivity (Wildman–Crippen MR) is 145 cm³/mol. The minimum Gasteiger partial charge on any atom is -0.478 e. The van der Waals surface area contributed by atoms with E-state index in [0.717, 1.165) is 17.2 Å². The normalized spacial score (nSPS) is 18.6. The molecule has 2 radical (unpaired) electrons. The molecule has 0 aliphatic carbocycles. The smallest absolute Gasteiger partial charge is 0.335 e. The van der Waals surface area contributed by atoms with Crippen LogP contribution in [0.15, 0.2) is 72.8 Å². The van der Waals surface area contributed by atoms with E-state index in [-0.39, 0.29) is 32.6 Å². The van der Waals surface area contributed by atoms with Gasteiger partial charge in [0.2, 0.25) is 9.76 Å². The van der Waals surface area contributed by atoms with Crippen molar-refractivity contribution >= 4 is 21.4 Å². The highest BCUT2D eigenvalue weighted by atomic mass is 28.2. The van der Waals surface area contributed by atoms with Gasteiger partial charge in [-0.15, -0.1) is 0 Å². The van der Waals surface area contributed by atoms with Crippen molar-refractivity contribution in [3.8, 4) is 0 Å². The van der Waals surface area contributed by atoms with Gasteiger partial charge in [0.15, 0.2) is 0 Å². The van der Waals surface area contributed by atoms with Gasteiger partial charge in [-0.1, -0.05) is 81.4 Å². The third kappa shape index (κ3) is 5.79. The lowest BCUT2D eigenvalue weighted by Gasteiger charge is -2.43. The number of ether oxygens (including phenoxy) is 1. The summed E-state index contributed by atoms with van der Waals surface area (Å²) >= 11 is 0. The van der Waals surface area contributed by atoms with Crippen LogP contribution in [0.4, 0.5) is 10.1 Å². The number of hydrogen-bond donors (Lipinski definition) is 1. The van der Waals surface area contributed by atoms with Gasteiger partial charge in [-0.25, -0.2) is 9.18 Å². The Morgan fingerprint density at radius 2 is 1.49 bits per heavy atom. The molecule has 1 saturated heterocycles. The molecule has 0 spiro atoms. The topological polar surface area (TPSA) is 59.0 Å². The number of carboxylic acids is 1. The molecule has 5 nitrogen and oxygen atoms in total. The van der Waals surface area contributed by atoms with Crippen molar-refractivity contribution in [2.75, 3.05) is 18.0 Å². The van der Waals surface area contributed by atoms with Crippen molar-refractivity contribution in [2.45, 2.75) is 57.5 Å². The number of carboxylic acid groups (broad SMARTS) is 1. The van der Waals surface area contributed by atoms with Crippen LogP contribution in [0.2, 0.25) is 5.04 Å². The van der Waals surface area contributed by atoms with Gasteiger partial charge in [0.1, 0.15) is 11.4 Å². The maximum Gasteiger partial charge on any atom is 0.335 e. The number of hydrogen-bond acceptors (Lipinski definition) is 4. The highest BCUT2D eigenvalue weighted by Crippen LogP contribution is 2.47. The number of benzene rings is 3. The Kier molecular flexibility index (Phi) is 7.87. The van der Waals surface area contributed by atoms with Gasteiger partial charge in [0.05, 0.1) is 23.5 Å². The van der Waals surface area contributed by atoms with Crippen LogP contribution in [0.25, 0.3) is 0 Å². The highest BCUT2D eigenvalue weighted by Gasteiger charge is 2.43. The van der Waals surface area contributed by atoms with Gasteiger partial charge in [-0.3, -0.25) is 0 Å². The zero-order valence-electron chi connectivity index (χ0n) is 22.0. The average molecular weight is 520 g/mol. The van der Waals surface area contributed by atoms with Crippen LogP contribution >= 0.6 is 0 Å². The Balaban J connectivity index is 2.10. The van der Waals surface area contributed by atoms with E-state index in [1.807, 2.05) is 79.4 Å². The summed E-state index contributed by atoms with van der Waals surface area (Å²) in [6.45, 7) is 11.1. The zero-order valence-corrected chi connectivity index (χ0v) is 23.0. The Labute approximate surface area is 221 Å². The standard InChI is InChI=1S/C30H34FNO4Si/c1-20-18-32(19-21(2)35-20)27-25(16-22(28(33)34)17-26(27)31)30(36-37-29(3,4)5,23-12-8-6-9-13-23)24-14-10-7-11-15-24/h6-17,20-21H,18-19H2,1-5H3,(H,33,34). The molecule has 4 rings (SSSR count). The van der Waals surface area contributed by atoms with E-state index in [9.17, 15) is 9.90 Å². The van der Waals surface area contributed by atoms with Crippen molar-refractivity contribution in [3.63, 3.8) is 0 Å². The molecule has 37 heavy (non-hydrogen) atoms. The third-order valence-corrected chi connectivity index (χ3v) is 7.32. The van der Waals surface area contributed by atoms with Crippen LogP contribution in [0.1, 0.15) is 61.7 Å². The van der Waals surface area contributed by atoms with E-state index < -0.39 is 17.4 Å². The highest BCUT2D eigenvalue weighted by molar-refractivity contribution is 6.32. The first-order valence-electron chi connectivity index (χ1n) is 12.5. The molecular weight excluding hydrogens is 485 g/mol. The van der Waals surface area contributed by atoms with E-state index in [1.54, 1.807) is 6.07 Å². The van der Waals surface area contributed by atoms with Gasteiger partial charge in [-0.2, -0.15) is 0 Å². The van der Waals surface area contributed by atoms with Crippen molar-refractivity contribution in [1.29, 1.82) is 0 Å². The van der Waals surface area contributed by atoms with E-state index >= 15 is 4.39 Å². The van der Waals surface area contributed by atoms with Crippen LogP contribution in [0, 0.1) is 5.82 Å². The Hall–Kier alpha value is -3.00. The molecule has 0 saturated carbocycles. The molecule has 1 N–H and O–H groups in total. The fourth-order valence-electron chi connectivity index (χ4n) is 4.90. The summed E-state index contributed by atoms with van der Waals surface area (Å²) in [6, 6.07) is 22.1. The first-order chi connectivity index (χ1) is 17.5. The largest absolute Gasteiger partial charge is 0.478 e. The van der Waals surface area contributed by atoms with Crippen LogP contribution in [-0.4, -0.2) is 46.1 Å². The molecule has 1 heterocycles. The molecule has 3 aromatic rings. The summed E-state index contributed by atoms with van der Waals surface area (Å²) in [6.07, 6.45) is -0.231. The number of rotatable bonds is 7. The lowest BCUT2D eigenvalue weighted by molar-refractivity contribution is -0.00563. The lowest BCUT2D eigenvalue weighted by Crippen LogP contribution is -2.47. The molecular formula is C30H34FNO4Si. The first-order valence-corrected chi connectivity index (χ1v) is 13.5. The fraction of sp³-hybridized carbons (Fsp3) is 0.367. The molecule has 2 unspecified atom stereocenters. The summed E-state index contributed by atoms with van der Waals surface area (Å²) in [5.74, 6) is -1.78. The molecule has 0 bridgehead atoms. The summed E-state index contributed by atoms with van der Waals surface area (Å²) < 4.78 is 29.0. The van der Waals surface area contributed by atoms with E-state index in [2.05, 4.69) is 20.8 Å². The van der Waals surface area contributed by atoms with Crippen LogP contribution < -0.4 is 4.90 Å². The number of anilines is 1. The maximum absolute atomic E-state index is 16.1. The second kappa shape index (κ2) is 10.8. The molecule has 3 aromatic carbocycles. The summed E-state index contributed by atoms with van der Waals surface area (Å²) in [4.78, 5) is 14.1. The maximum atomic E-state index is 16.1. The summed E-state index contributed by atoms with van der Waals surface area (Å²) in [5, 5.41) is 9.77. The van der Waals surface area contributed by atoms with Crippen LogP contribution in [-0.2, 0) is 14.8 Å². The minimum atomic E-state index is -1.25. The van der Waals surface area contributed by atoms with E-state index in [0.29, 0.717) is 24.3 Å². The van der Waals surface area contributed by atoms with Gasteiger partial charge >= 0.3 is 5.97 Å². The van der Waals surface area contributed by atoms with Crippen LogP contribution in [0.3, 0.4) is 0 Å². The molecule has 1 fully saturated rings. The number of aromatic carboxylic acids is 1. The van der Waals surface area contributed by atoms with Gasteiger partial charge in [0, 0.05) is 18.7 Å². The van der Waals surface area contributed by atoms with Crippen molar-refractivity contribution in [2.24, 2.45) is 0 Å². The lowest BCUT2D eigenvalue weighted by atomic mass is 9.78. The molecule has 2 atom stereocenters. The zero-order chi connectivity index (χ0) is 26.8. The Bertz CT molecular complexity index is 1180. The van der Waals surface area contributed by atoms with Crippen molar-refractivity contribution in [3.05, 3.63) is 101 Å². The van der Waals surface area contributed by atoms with Gasteiger partial charge < -0.3 is 19.2 Å². The molecule has 194 valence electrons. The SMILES string of the molecule is CC1CN(c2c(F)cc(C(=O)O)cc2C(O[Si]C(C)(C)C)(c2ccccc2)c2ccccc2)CC(C)O1. The molecule has 0 amide bonds.